The van der Waals surface area contributed by atoms with Gasteiger partial charge in [-0.1, -0.05) is 12.1 Å². The average molecular weight is 369 g/mol. The summed E-state index contributed by atoms with van der Waals surface area (Å²) >= 11 is 0. The Morgan fingerprint density at radius 1 is 1.12 bits per heavy atom. The first-order valence-corrected chi connectivity index (χ1v) is 10.2. The van der Waals surface area contributed by atoms with Gasteiger partial charge in [-0.3, -0.25) is 4.79 Å². The number of carbonyl (C=O) groups excluding carboxylic acids is 1. The van der Waals surface area contributed by atoms with Crippen LogP contribution in [0.15, 0.2) is 24.3 Å². The molecule has 1 aliphatic carbocycles. The third kappa shape index (κ3) is 4.56. The van der Waals surface area contributed by atoms with Crippen LogP contribution in [0.1, 0.15) is 43.6 Å². The normalized spacial score (nSPS) is 25.8. The topological polar surface area (TPSA) is 92.5 Å². The summed E-state index contributed by atoms with van der Waals surface area (Å²) in [5.41, 5.74) is 1.11. The summed E-state index contributed by atoms with van der Waals surface area (Å²) in [6, 6.07) is 6.69. The zero-order valence-corrected chi connectivity index (χ0v) is 14.8. The zero-order valence-electron chi connectivity index (χ0n) is 14.0. The van der Waals surface area contributed by atoms with Gasteiger partial charge < -0.3 is 5.32 Å². The second kappa shape index (κ2) is 7.39. The lowest BCUT2D eigenvalue weighted by molar-refractivity contribution is -0.126. The second-order valence-corrected chi connectivity index (χ2v) is 8.53. The van der Waals surface area contributed by atoms with Crippen LogP contribution in [0.4, 0.5) is 4.39 Å². The van der Waals surface area contributed by atoms with Gasteiger partial charge in [0, 0.05) is 25.0 Å². The monoisotopic (exact) mass is 369 g/mol. The van der Waals surface area contributed by atoms with Crippen molar-refractivity contribution in [2.75, 3.05) is 13.1 Å². The molecule has 1 aliphatic heterocycles. The van der Waals surface area contributed by atoms with Crippen LogP contribution in [0.3, 0.4) is 0 Å². The smallest absolute Gasteiger partial charge is 0.276 e. The first kappa shape index (κ1) is 18.3. The molecule has 3 N–H and O–H groups in total. The van der Waals surface area contributed by atoms with Crippen LogP contribution in [-0.4, -0.2) is 37.8 Å². The minimum atomic E-state index is -3.66. The summed E-state index contributed by atoms with van der Waals surface area (Å²) in [7, 11) is -3.66. The lowest BCUT2D eigenvalue weighted by atomic mass is 9.96. The molecule has 1 amide bonds. The summed E-state index contributed by atoms with van der Waals surface area (Å²) < 4.78 is 36.9. The fraction of sp³-hybridized carbons (Fsp3) is 0.588. The molecule has 138 valence electrons. The van der Waals surface area contributed by atoms with Crippen LogP contribution in [-0.2, 0) is 15.0 Å². The van der Waals surface area contributed by atoms with Gasteiger partial charge in [0.1, 0.15) is 5.82 Å². The molecule has 6 nitrogen and oxygen atoms in total. The molecular weight excluding hydrogens is 345 g/mol. The van der Waals surface area contributed by atoms with Gasteiger partial charge in [0.2, 0.25) is 5.91 Å². The van der Waals surface area contributed by atoms with Gasteiger partial charge in [-0.2, -0.15) is 12.7 Å². The molecule has 8 heteroatoms. The molecule has 0 aromatic heterocycles. The van der Waals surface area contributed by atoms with Crippen molar-refractivity contribution in [3.8, 4) is 0 Å². The van der Waals surface area contributed by atoms with E-state index in [4.69, 9.17) is 5.14 Å². The van der Waals surface area contributed by atoms with Crippen molar-refractivity contribution < 1.29 is 17.6 Å². The van der Waals surface area contributed by atoms with Crippen molar-refractivity contribution in [1.82, 2.24) is 9.62 Å². The van der Waals surface area contributed by atoms with Crippen LogP contribution in [0.5, 0.6) is 0 Å². The Morgan fingerprint density at radius 2 is 1.76 bits per heavy atom. The number of nitrogens with zero attached hydrogens (tertiary/aromatic N) is 1. The molecule has 0 bridgehead atoms. The molecule has 2 atom stereocenters. The molecule has 3 rings (SSSR count). The van der Waals surface area contributed by atoms with Gasteiger partial charge >= 0.3 is 0 Å². The third-order valence-electron chi connectivity index (χ3n) is 5.31. The highest BCUT2D eigenvalue weighted by Gasteiger charge is 2.32. The highest BCUT2D eigenvalue weighted by molar-refractivity contribution is 7.86. The van der Waals surface area contributed by atoms with Crippen molar-refractivity contribution in [1.29, 1.82) is 0 Å². The number of rotatable bonds is 4. The summed E-state index contributed by atoms with van der Waals surface area (Å²) in [5.74, 6) is -0.0609. The van der Waals surface area contributed by atoms with Crippen LogP contribution >= 0.6 is 0 Å². The van der Waals surface area contributed by atoms with E-state index in [1.54, 1.807) is 0 Å². The number of amides is 1. The summed E-state index contributed by atoms with van der Waals surface area (Å²) in [5, 5.41) is 8.22. The highest BCUT2D eigenvalue weighted by Crippen LogP contribution is 2.34. The number of piperidine rings is 1. The average Bonchev–Trinajstić information content (AvgIpc) is 3.03. The molecule has 2 fully saturated rings. The number of halogens is 1. The Labute approximate surface area is 147 Å². The van der Waals surface area contributed by atoms with E-state index in [-0.39, 0.29) is 23.7 Å². The first-order chi connectivity index (χ1) is 11.8. The van der Waals surface area contributed by atoms with E-state index in [1.165, 1.54) is 16.4 Å². The van der Waals surface area contributed by atoms with Crippen molar-refractivity contribution in [2.45, 2.75) is 44.1 Å². The van der Waals surface area contributed by atoms with E-state index in [0.717, 1.165) is 24.8 Å². The maximum atomic E-state index is 13.0. The molecule has 2 aliphatic rings. The Balaban J connectivity index is 1.49. The minimum absolute atomic E-state index is 0.00109. The van der Waals surface area contributed by atoms with Crippen LogP contribution in [0, 0.1) is 11.7 Å². The summed E-state index contributed by atoms with van der Waals surface area (Å²) in [4.78, 5) is 12.4. The third-order valence-corrected chi connectivity index (χ3v) is 6.39. The number of carbonyl (C=O) groups is 1. The Bertz CT molecular complexity index is 715. The minimum Gasteiger partial charge on any atom is -0.353 e. The fourth-order valence-corrected chi connectivity index (χ4v) is 4.56. The number of nitrogens with two attached hydrogens (primary N) is 1. The predicted octanol–water partition coefficient (Wildman–Crippen LogP) is 1.49. The summed E-state index contributed by atoms with van der Waals surface area (Å²) in [6.45, 7) is 0.583. The lowest BCUT2D eigenvalue weighted by Crippen LogP contribution is -2.46. The van der Waals surface area contributed by atoms with E-state index in [2.05, 4.69) is 5.32 Å². The number of hydrogen-bond donors (Lipinski definition) is 2. The van der Waals surface area contributed by atoms with Crippen LogP contribution < -0.4 is 10.5 Å². The van der Waals surface area contributed by atoms with E-state index < -0.39 is 10.2 Å². The number of nitrogens with one attached hydrogen (secondary N) is 1. The maximum absolute atomic E-state index is 13.0. The quantitative estimate of drug-likeness (QED) is 0.842. The Hall–Kier alpha value is -1.51. The van der Waals surface area contributed by atoms with Gasteiger partial charge in [-0.15, -0.1) is 0 Å². The molecule has 1 heterocycles. The van der Waals surface area contributed by atoms with Crippen molar-refractivity contribution in [3.63, 3.8) is 0 Å². The Kier molecular flexibility index (Phi) is 5.41. The molecule has 1 saturated carbocycles. The van der Waals surface area contributed by atoms with Crippen molar-refractivity contribution in [2.24, 2.45) is 11.1 Å². The first-order valence-electron chi connectivity index (χ1n) is 8.66. The molecule has 0 radical (unpaired) electrons. The second-order valence-electron chi connectivity index (χ2n) is 6.99. The standard InChI is InChI=1S/C17H24FN3O3S/c18-15-4-1-12(2-5-15)14-3-6-16(11-14)20-17(22)13-7-9-21(10-8-13)25(19,23)24/h1-2,4-5,13-14,16H,3,6-11H2,(H,20,22)(H2,19,23,24)/t14-,16-/m1/s1. The molecule has 0 spiro atoms. The van der Waals surface area contributed by atoms with Gasteiger partial charge in [-0.25, -0.2) is 9.53 Å². The van der Waals surface area contributed by atoms with Crippen LogP contribution in [0.25, 0.3) is 0 Å². The molecule has 1 saturated heterocycles. The van der Waals surface area contributed by atoms with E-state index in [0.29, 0.717) is 31.8 Å². The fourth-order valence-electron chi connectivity index (χ4n) is 3.84. The maximum Gasteiger partial charge on any atom is 0.276 e. The Morgan fingerprint density at radius 3 is 2.36 bits per heavy atom. The molecule has 0 unspecified atom stereocenters. The zero-order chi connectivity index (χ0) is 18.0. The molecule has 1 aromatic rings. The molecular formula is C17H24FN3O3S. The van der Waals surface area contributed by atoms with Crippen molar-refractivity contribution in [3.05, 3.63) is 35.6 Å². The van der Waals surface area contributed by atoms with Gasteiger partial charge in [0.05, 0.1) is 0 Å². The lowest BCUT2D eigenvalue weighted by Gasteiger charge is -2.29. The predicted molar refractivity (Wildman–Crippen MR) is 92.3 cm³/mol. The molecule has 25 heavy (non-hydrogen) atoms. The van der Waals surface area contributed by atoms with Gasteiger partial charge in [0.15, 0.2) is 0 Å². The number of benzene rings is 1. The van der Waals surface area contributed by atoms with E-state index in [1.807, 2.05) is 12.1 Å². The van der Waals surface area contributed by atoms with E-state index >= 15 is 0 Å². The number of hydrogen-bond acceptors (Lipinski definition) is 3. The van der Waals surface area contributed by atoms with Gasteiger partial charge in [-0.05, 0) is 55.7 Å². The van der Waals surface area contributed by atoms with E-state index in [9.17, 15) is 17.6 Å². The largest absolute Gasteiger partial charge is 0.353 e. The molecule has 1 aromatic carbocycles. The van der Waals surface area contributed by atoms with Crippen LogP contribution in [0.2, 0.25) is 0 Å². The summed E-state index contributed by atoms with van der Waals surface area (Å²) in [6.07, 6.45) is 3.73. The van der Waals surface area contributed by atoms with Gasteiger partial charge in [0.25, 0.3) is 10.2 Å². The SMILES string of the molecule is NS(=O)(=O)N1CCC(C(=O)N[C@@H]2CC[C@@H](c3ccc(F)cc3)C2)CC1. The van der Waals surface area contributed by atoms with Crippen molar-refractivity contribution >= 4 is 16.1 Å². The highest BCUT2D eigenvalue weighted by atomic mass is 32.2.